The summed E-state index contributed by atoms with van der Waals surface area (Å²) < 4.78 is 0. The van der Waals surface area contributed by atoms with E-state index in [1.165, 1.54) is 5.69 Å². The molecule has 0 saturated carbocycles. The lowest BCUT2D eigenvalue weighted by atomic mass is 10.2. The molecule has 6 nitrogen and oxygen atoms in total. The Hall–Kier alpha value is -2.73. The number of carbonyl (C=O) groups excluding carboxylic acids is 1. The van der Waals surface area contributed by atoms with E-state index < -0.39 is 0 Å². The fraction of sp³-hybridized carbons (Fsp3) is 0.409. The highest BCUT2D eigenvalue weighted by Crippen LogP contribution is 2.23. The van der Waals surface area contributed by atoms with Crippen LogP contribution < -0.4 is 10.2 Å². The summed E-state index contributed by atoms with van der Waals surface area (Å²) >= 11 is 0. The Morgan fingerprint density at radius 2 is 1.29 bits per heavy atom. The number of benzene rings is 2. The summed E-state index contributed by atoms with van der Waals surface area (Å²) in [4.78, 5) is 16.4. The van der Waals surface area contributed by atoms with Crippen LogP contribution in [-0.2, 0) is 4.79 Å². The molecule has 2 rings (SSSR count). The van der Waals surface area contributed by atoms with Crippen LogP contribution in [0.1, 0.15) is 27.7 Å². The van der Waals surface area contributed by atoms with E-state index in [4.69, 9.17) is 0 Å². The van der Waals surface area contributed by atoms with Gasteiger partial charge in [-0.15, -0.1) is 0 Å². The minimum atomic E-state index is -0.00799. The first kappa shape index (κ1) is 21.6. The fourth-order valence-electron chi connectivity index (χ4n) is 2.90. The summed E-state index contributed by atoms with van der Waals surface area (Å²) in [6.07, 6.45) is 0. The first-order valence-electron chi connectivity index (χ1n) is 9.98. The van der Waals surface area contributed by atoms with E-state index in [0.717, 1.165) is 43.2 Å². The molecule has 2 aromatic rings. The van der Waals surface area contributed by atoms with Gasteiger partial charge in [-0.1, -0.05) is 13.8 Å². The van der Waals surface area contributed by atoms with Crippen molar-refractivity contribution in [2.45, 2.75) is 27.7 Å². The Morgan fingerprint density at radius 1 is 0.786 bits per heavy atom. The average Bonchev–Trinajstić information content (AvgIpc) is 2.73. The number of anilines is 2. The highest BCUT2D eigenvalue weighted by Gasteiger charge is 2.07. The van der Waals surface area contributed by atoms with Gasteiger partial charge < -0.3 is 10.2 Å². The summed E-state index contributed by atoms with van der Waals surface area (Å²) in [5.41, 5.74) is 3.51. The zero-order valence-electron chi connectivity index (χ0n) is 17.4. The largest absolute Gasteiger partial charge is 0.372 e. The third-order valence-corrected chi connectivity index (χ3v) is 4.67. The van der Waals surface area contributed by atoms with E-state index in [1.807, 2.05) is 50.2 Å². The summed E-state index contributed by atoms with van der Waals surface area (Å²) in [6.45, 7) is 12.5. The molecule has 0 aliphatic heterocycles. The van der Waals surface area contributed by atoms with Crippen molar-refractivity contribution in [1.82, 2.24) is 4.90 Å². The second-order valence-electron chi connectivity index (χ2n) is 6.45. The lowest BCUT2D eigenvalue weighted by Crippen LogP contribution is -2.32. The Balaban J connectivity index is 1.93. The highest BCUT2D eigenvalue weighted by molar-refractivity contribution is 5.92. The van der Waals surface area contributed by atoms with Crippen molar-refractivity contribution in [1.29, 1.82) is 0 Å². The molecular weight excluding hydrogens is 350 g/mol. The third-order valence-electron chi connectivity index (χ3n) is 4.67. The number of likely N-dealkylation sites (N-methyl/N-ethyl adjacent to an activating group) is 1. The predicted octanol–water partition coefficient (Wildman–Crippen LogP) is 5.23. The minimum absolute atomic E-state index is 0.00799. The maximum atomic E-state index is 12.1. The molecule has 0 aliphatic rings. The van der Waals surface area contributed by atoms with Crippen molar-refractivity contribution in [2.75, 3.05) is 42.9 Å². The first-order valence-corrected chi connectivity index (χ1v) is 9.98. The Labute approximate surface area is 168 Å². The summed E-state index contributed by atoms with van der Waals surface area (Å²) in [5, 5.41) is 11.5. The monoisotopic (exact) mass is 381 g/mol. The van der Waals surface area contributed by atoms with E-state index in [2.05, 4.69) is 51.3 Å². The Kier molecular flexibility index (Phi) is 8.62. The maximum Gasteiger partial charge on any atom is 0.238 e. The van der Waals surface area contributed by atoms with E-state index in [1.54, 1.807) is 0 Å². The molecule has 28 heavy (non-hydrogen) atoms. The number of amides is 1. The van der Waals surface area contributed by atoms with Gasteiger partial charge >= 0.3 is 0 Å². The minimum Gasteiger partial charge on any atom is -0.372 e. The molecular formula is C22H31N5O. The molecule has 0 bridgehead atoms. The van der Waals surface area contributed by atoms with Gasteiger partial charge in [-0.05, 0) is 75.5 Å². The van der Waals surface area contributed by atoms with Crippen LogP contribution in [0.2, 0.25) is 0 Å². The SMILES string of the molecule is CCN(CC)CC(=O)Nc1ccc(/N=N/c2ccc(N(CC)CC)cc2)cc1. The molecule has 0 aromatic heterocycles. The van der Waals surface area contributed by atoms with Crippen LogP contribution in [0.4, 0.5) is 22.7 Å². The molecule has 150 valence electrons. The molecule has 1 amide bonds. The van der Waals surface area contributed by atoms with Gasteiger partial charge in [-0.25, -0.2) is 0 Å². The van der Waals surface area contributed by atoms with E-state index in [9.17, 15) is 4.79 Å². The van der Waals surface area contributed by atoms with Gasteiger partial charge in [0.25, 0.3) is 0 Å². The molecule has 0 radical (unpaired) electrons. The number of azo groups is 1. The van der Waals surface area contributed by atoms with Crippen LogP contribution >= 0.6 is 0 Å². The van der Waals surface area contributed by atoms with Crippen LogP contribution in [0.3, 0.4) is 0 Å². The topological polar surface area (TPSA) is 60.3 Å². The number of hydrogen-bond acceptors (Lipinski definition) is 5. The normalized spacial score (nSPS) is 11.2. The van der Waals surface area contributed by atoms with Crippen LogP contribution in [0, 0.1) is 0 Å². The summed E-state index contributed by atoms with van der Waals surface area (Å²) in [6, 6.07) is 15.5. The molecule has 0 unspecified atom stereocenters. The molecule has 0 aliphatic carbocycles. The molecule has 0 saturated heterocycles. The molecule has 6 heteroatoms. The molecule has 2 aromatic carbocycles. The van der Waals surface area contributed by atoms with Gasteiger partial charge in [0.05, 0.1) is 17.9 Å². The Bertz CT molecular complexity index is 748. The molecule has 1 N–H and O–H groups in total. The average molecular weight is 382 g/mol. The lowest BCUT2D eigenvalue weighted by molar-refractivity contribution is -0.117. The number of nitrogens with one attached hydrogen (secondary N) is 1. The second kappa shape index (κ2) is 11.2. The standard InChI is InChI=1S/C22H31N5O/c1-5-26(6-2)17-22(28)23-18-9-11-19(12-10-18)24-25-20-13-15-21(16-14-20)27(7-3)8-4/h9-16H,5-8,17H2,1-4H3,(H,23,28)/b25-24+. The van der Waals surface area contributed by atoms with Crippen molar-refractivity contribution in [3.8, 4) is 0 Å². The second-order valence-corrected chi connectivity index (χ2v) is 6.45. The van der Waals surface area contributed by atoms with E-state index in [-0.39, 0.29) is 5.91 Å². The first-order chi connectivity index (χ1) is 13.6. The third kappa shape index (κ3) is 6.46. The van der Waals surface area contributed by atoms with Gasteiger partial charge in [0.15, 0.2) is 0 Å². The van der Waals surface area contributed by atoms with E-state index >= 15 is 0 Å². The summed E-state index contributed by atoms with van der Waals surface area (Å²) in [7, 11) is 0. The van der Waals surface area contributed by atoms with Gasteiger partial charge in [0.1, 0.15) is 0 Å². The van der Waals surface area contributed by atoms with Gasteiger partial charge in [0, 0.05) is 24.5 Å². The molecule has 0 atom stereocenters. The smallest absolute Gasteiger partial charge is 0.238 e. The molecule has 0 heterocycles. The fourth-order valence-corrected chi connectivity index (χ4v) is 2.90. The zero-order chi connectivity index (χ0) is 20.4. The number of carbonyl (C=O) groups is 1. The lowest BCUT2D eigenvalue weighted by Gasteiger charge is -2.20. The molecule has 0 spiro atoms. The van der Waals surface area contributed by atoms with Crippen molar-refractivity contribution in [2.24, 2.45) is 10.2 Å². The van der Waals surface area contributed by atoms with Crippen molar-refractivity contribution < 1.29 is 4.79 Å². The summed E-state index contributed by atoms with van der Waals surface area (Å²) in [5.74, 6) is -0.00799. The van der Waals surface area contributed by atoms with E-state index in [0.29, 0.717) is 6.54 Å². The van der Waals surface area contributed by atoms with Crippen molar-refractivity contribution >= 4 is 28.7 Å². The van der Waals surface area contributed by atoms with Gasteiger partial charge in [-0.2, -0.15) is 10.2 Å². The van der Waals surface area contributed by atoms with Crippen LogP contribution in [0.25, 0.3) is 0 Å². The Morgan fingerprint density at radius 3 is 1.75 bits per heavy atom. The van der Waals surface area contributed by atoms with Crippen molar-refractivity contribution in [3.05, 3.63) is 48.5 Å². The van der Waals surface area contributed by atoms with Crippen LogP contribution in [0.5, 0.6) is 0 Å². The maximum absolute atomic E-state index is 12.1. The number of rotatable bonds is 10. The van der Waals surface area contributed by atoms with Crippen LogP contribution in [0.15, 0.2) is 58.8 Å². The number of nitrogens with zero attached hydrogens (tertiary/aromatic N) is 4. The van der Waals surface area contributed by atoms with Gasteiger partial charge in [0.2, 0.25) is 5.91 Å². The predicted molar refractivity (Wildman–Crippen MR) is 117 cm³/mol. The highest BCUT2D eigenvalue weighted by atomic mass is 16.2. The molecule has 0 fully saturated rings. The quantitative estimate of drug-likeness (QED) is 0.573. The number of hydrogen-bond donors (Lipinski definition) is 1. The van der Waals surface area contributed by atoms with Gasteiger partial charge in [-0.3, -0.25) is 9.69 Å². The van der Waals surface area contributed by atoms with Crippen LogP contribution in [-0.4, -0.2) is 43.5 Å². The zero-order valence-corrected chi connectivity index (χ0v) is 17.4. The van der Waals surface area contributed by atoms with Crippen molar-refractivity contribution in [3.63, 3.8) is 0 Å².